The number of nitrogens with zero attached hydrogens (tertiary/aromatic N) is 2. The zero-order valence-electron chi connectivity index (χ0n) is 17.0. The monoisotopic (exact) mass is 415 g/mol. The van der Waals surface area contributed by atoms with Crippen molar-refractivity contribution in [2.45, 2.75) is 39.3 Å². The highest BCUT2D eigenvalue weighted by Crippen LogP contribution is 2.24. The molecule has 3 rings (SSSR count). The number of ether oxygens (including phenoxy) is 1. The molecule has 1 aromatic heterocycles. The molecule has 0 bridgehead atoms. The summed E-state index contributed by atoms with van der Waals surface area (Å²) < 4.78 is 32.5. The van der Waals surface area contributed by atoms with Gasteiger partial charge in [-0.2, -0.15) is 8.78 Å². The topological polar surface area (TPSA) is 73.2 Å². The first-order chi connectivity index (χ1) is 14.2. The molecular weight excluding hydrogens is 392 g/mol. The van der Waals surface area contributed by atoms with E-state index in [4.69, 9.17) is 4.74 Å². The minimum atomic E-state index is -2.82. The van der Waals surface area contributed by atoms with Gasteiger partial charge in [-0.3, -0.25) is 14.2 Å². The number of hydrogen-bond acceptors (Lipinski definition) is 4. The van der Waals surface area contributed by atoms with E-state index in [2.05, 4.69) is 31.1 Å². The fourth-order valence-corrected chi connectivity index (χ4v) is 2.99. The number of halogens is 2. The lowest BCUT2D eigenvalue weighted by molar-refractivity contribution is -0.144. The number of carbonyl (C=O) groups is 2. The molecule has 0 atom stereocenters. The van der Waals surface area contributed by atoms with Crippen LogP contribution >= 0.6 is 0 Å². The van der Waals surface area contributed by atoms with E-state index in [0.717, 1.165) is 10.1 Å². The average molecular weight is 415 g/mol. The molecule has 30 heavy (non-hydrogen) atoms. The summed E-state index contributed by atoms with van der Waals surface area (Å²) in [6, 6.07) is 13.5. The zero-order valence-corrected chi connectivity index (χ0v) is 17.0. The van der Waals surface area contributed by atoms with Gasteiger partial charge in [0.05, 0.1) is 11.0 Å². The molecule has 1 N–H and O–H groups in total. The highest BCUT2D eigenvalue weighted by atomic mass is 19.3. The average Bonchev–Trinajstić information content (AvgIpc) is 3.08. The van der Waals surface area contributed by atoms with E-state index in [1.54, 1.807) is 30.3 Å². The molecule has 0 spiro atoms. The Kier molecular flexibility index (Phi) is 6.14. The Morgan fingerprint density at radius 3 is 2.40 bits per heavy atom. The van der Waals surface area contributed by atoms with Gasteiger partial charge in [0.2, 0.25) is 0 Å². The molecule has 0 aliphatic heterocycles. The number of imidazole rings is 1. The molecule has 1 heterocycles. The predicted octanol–water partition coefficient (Wildman–Crippen LogP) is 4.20. The predicted molar refractivity (Wildman–Crippen MR) is 108 cm³/mol. The van der Waals surface area contributed by atoms with E-state index in [-0.39, 0.29) is 23.3 Å². The smallest absolute Gasteiger partial charge is 0.325 e. The van der Waals surface area contributed by atoms with Crippen LogP contribution in [0.15, 0.2) is 48.5 Å². The van der Waals surface area contributed by atoms with Crippen molar-refractivity contribution >= 4 is 22.9 Å². The molecule has 0 aliphatic carbocycles. The van der Waals surface area contributed by atoms with Crippen molar-refractivity contribution in [2.75, 3.05) is 6.54 Å². The largest absolute Gasteiger partial charge is 0.456 e. The number of esters is 1. The van der Waals surface area contributed by atoms with Gasteiger partial charge >= 0.3 is 12.5 Å². The van der Waals surface area contributed by atoms with E-state index < -0.39 is 25.0 Å². The summed E-state index contributed by atoms with van der Waals surface area (Å²) in [5.74, 6) is -1.24. The summed E-state index contributed by atoms with van der Waals surface area (Å²) in [6.07, 6.45) is 0. The third-order valence-electron chi connectivity index (χ3n) is 4.63. The lowest BCUT2D eigenvalue weighted by Crippen LogP contribution is -2.30. The van der Waals surface area contributed by atoms with Crippen molar-refractivity contribution in [3.8, 4) is 0 Å². The van der Waals surface area contributed by atoms with E-state index >= 15 is 0 Å². The zero-order chi connectivity index (χ0) is 21.9. The fourth-order valence-electron chi connectivity index (χ4n) is 2.99. The van der Waals surface area contributed by atoms with Crippen LogP contribution in [0, 0.1) is 0 Å². The van der Waals surface area contributed by atoms with Gasteiger partial charge < -0.3 is 10.1 Å². The Morgan fingerprint density at radius 1 is 1.10 bits per heavy atom. The highest BCUT2D eigenvalue weighted by molar-refractivity contribution is 5.95. The van der Waals surface area contributed by atoms with Crippen molar-refractivity contribution in [3.63, 3.8) is 0 Å². The minimum Gasteiger partial charge on any atom is -0.456 e. The van der Waals surface area contributed by atoms with Gasteiger partial charge in [-0.1, -0.05) is 45.0 Å². The fraction of sp³-hybridized carbons (Fsp3) is 0.318. The van der Waals surface area contributed by atoms with E-state index in [1.165, 1.54) is 6.07 Å². The molecule has 158 valence electrons. The summed E-state index contributed by atoms with van der Waals surface area (Å²) in [5, 5.41) is 2.47. The van der Waals surface area contributed by atoms with Gasteiger partial charge in [0.15, 0.2) is 5.82 Å². The summed E-state index contributed by atoms with van der Waals surface area (Å²) >= 11 is 0. The van der Waals surface area contributed by atoms with Gasteiger partial charge in [0.25, 0.3) is 5.91 Å². The number of para-hydroxylation sites is 2. The van der Waals surface area contributed by atoms with Gasteiger partial charge in [-0.25, -0.2) is 4.98 Å². The summed E-state index contributed by atoms with van der Waals surface area (Å²) in [6.45, 7) is 2.59. The molecular formula is C22H23F2N3O3. The maximum atomic E-state index is 13.4. The van der Waals surface area contributed by atoms with Crippen molar-refractivity contribution in [2.24, 2.45) is 0 Å². The lowest BCUT2D eigenvalue weighted by Gasteiger charge is -2.19. The standard InChI is InChI=1S/C22H23F2N3O3/c1-22(2,3)15-10-8-14(9-11-15)20(29)25-12-19(28)30-13-18-26-16-6-4-5-7-17(16)27(18)21(23)24/h4-11,21H,12-13H2,1-3H3,(H,25,29). The molecule has 0 saturated carbocycles. The van der Waals surface area contributed by atoms with E-state index in [0.29, 0.717) is 11.1 Å². The first kappa shape index (κ1) is 21.4. The second-order valence-electron chi connectivity index (χ2n) is 7.84. The van der Waals surface area contributed by atoms with Crippen molar-refractivity contribution in [1.82, 2.24) is 14.9 Å². The number of nitrogens with one attached hydrogen (secondary N) is 1. The van der Waals surface area contributed by atoms with Crippen LogP contribution in [0.25, 0.3) is 11.0 Å². The Bertz CT molecular complexity index is 1050. The molecule has 0 unspecified atom stereocenters. The molecule has 6 nitrogen and oxygen atoms in total. The Labute approximate surface area is 172 Å². The van der Waals surface area contributed by atoms with Crippen LogP contribution in [0.1, 0.15) is 49.1 Å². The first-order valence-electron chi connectivity index (χ1n) is 9.45. The van der Waals surface area contributed by atoms with Gasteiger partial charge in [0, 0.05) is 5.56 Å². The van der Waals surface area contributed by atoms with Crippen molar-refractivity contribution in [3.05, 3.63) is 65.5 Å². The van der Waals surface area contributed by atoms with Crippen molar-refractivity contribution < 1.29 is 23.1 Å². The number of fused-ring (bicyclic) bond motifs is 1. The summed E-state index contributed by atoms with van der Waals surface area (Å²) in [5.41, 5.74) is 2.10. The number of carbonyl (C=O) groups excluding carboxylic acids is 2. The van der Waals surface area contributed by atoms with Crippen LogP contribution in [-0.2, 0) is 21.6 Å². The third kappa shape index (κ3) is 4.82. The van der Waals surface area contributed by atoms with Crippen LogP contribution in [0.5, 0.6) is 0 Å². The van der Waals surface area contributed by atoms with Crippen LogP contribution in [0.4, 0.5) is 8.78 Å². The number of hydrogen-bond donors (Lipinski definition) is 1. The SMILES string of the molecule is CC(C)(C)c1ccc(C(=O)NCC(=O)OCc2nc3ccccc3n2C(F)F)cc1. The number of amides is 1. The lowest BCUT2D eigenvalue weighted by atomic mass is 9.87. The third-order valence-corrected chi connectivity index (χ3v) is 4.63. The summed E-state index contributed by atoms with van der Waals surface area (Å²) in [7, 11) is 0. The number of alkyl halides is 2. The molecule has 8 heteroatoms. The van der Waals surface area contributed by atoms with E-state index in [9.17, 15) is 18.4 Å². The number of rotatable bonds is 6. The molecule has 2 aromatic carbocycles. The Balaban J connectivity index is 1.57. The summed E-state index contributed by atoms with van der Waals surface area (Å²) in [4.78, 5) is 28.3. The van der Waals surface area contributed by atoms with Crippen LogP contribution < -0.4 is 5.32 Å². The second-order valence-corrected chi connectivity index (χ2v) is 7.84. The van der Waals surface area contributed by atoms with E-state index in [1.807, 2.05) is 12.1 Å². The maximum Gasteiger partial charge on any atom is 0.325 e. The van der Waals surface area contributed by atoms with Gasteiger partial charge in [-0.05, 0) is 35.2 Å². The quantitative estimate of drug-likeness (QED) is 0.613. The highest BCUT2D eigenvalue weighted by Gasteiger charge is 2.19. The van der Waals surface area contributed by atoms with Gasteiger partial charge in [-0.15, -0.1) is 0 Å². The Morgan fingerprint density at radius 2 is 1.77 bits per heavy atom. The van der Waals surface area contributed by atoms with Crippen molar-refractivity contribution in [1.29, 1.82) is 0 Å². The van der Waals surface area contributed by atoms with Gasteiger partial charge in [0.1, 0.15) is 13.2 Å². The molecule has 0 fully saturated rings. The molecule has 3 aromatic rings. The second kappa shape index (κ2) is 8.61. The molecule has 0 saturated heterocycles. The van der Waals surface area contributed by atoms with Crippen LogP contribution in [0.3, 0.4) is 0 Å². The maximum absolute atomic E-state index is 13.4. The number of benzene rings is 2. The molecule has 0 aliphatic rings. The normalized spacial score (nSPS) is 11.7. The molecule has 1 amide bonds. The van der Waals surface area contributed by atoms with Crippen LogP contribution in [-0.4, -0.2) is 28.0 Å². The van der Waals surface area contributed by atoms with Crippen LogP contribution in [0.2, 0.25) is 0 Å². The first-order valence-corrected chi connectivity index (χ1v) is 9.45. The molecule has 0 radical (unpaired) electrons. The minimum absolute atomic E-state index is 0.0342. The Hall–Kier alpha value is -3.29. The number of aromatic nitrogens is 2.